The number of carbonyl (C=O) groups excluding carboxylic acids is 1. The van der Waals surface area contributed by atoms with Crippen LogP contribution in [-0.4, -0.2) is 40.5 Å². The van der Waals surface area contributed by atoms with Crippen molar-refractivity contribution in [3.63, 3.8) is 0 Å². The molecule has 1 N–H and O–H groups in total. The van der Waals surface area contributed by atoms with Crippen LogP contribution in [0.4, 0.5) is 14.9 Å². The molecule has 1 aliphatic rings. The molecule has 1 atom stereocenters. The van der Waals surface area contributed by atoms with Crippen LogP contribution in [-0.2, 0) is 10.3 Å². The lowest BCUT2D eigenvalue weighted by atomic mass is 10.1. The summed E-state index contributed by atoms with van der Waals surface area (Å²) in [6.07, 6.45) is 3.45. The SMILES string of the molecule is CC(C)(C)n1cc(NC(=O)N2CCOCC2c2ccc(F)cc2)cn1. The van der Waals surface area contributed by atoms with Crippen molar-refractivity contribution in [2.45, 2.75) is 32.4 Å². The Morgan fingerprint density at radius 3 is 2.68 bits per heavy atom. The Kier molecular flexibility index (Phi) is 4.76. The molecule has 2 heterocycles. The summed E-state index contributed by atoms with van der Waals surface area (Å²) in [4.78, 5) is 14.4. The molecule has 134 valence electrons. The van der Waals surface area contributed by atoms with Crippen LogP contribution in [0.25, 0.3) is 0 Å². The van der Waals surface area contributed by atoms with Crippen LogP contribution in [0.5, 0.6) is 0 Å². The molecule has 1 saturated heterocycles. The molecule has 0 aliphatic carbocycles. The second kappa shape index (κ2) is 6.84. The van der Waals surface area contributed by atoms with Gasteiger partial charge in [0.1, 0.15) is 5.82 Å². The number of carbonyl (C=O) groups is 1. The van der Waals surface area contributed by atoms with Gasteiger partial charge in [0.15, 0.2) is 0 Å². The lowest BCUT2D eigenvalue weighted by molar-refractivity contribution is 0.0147. The first-order chi connectivity index (χ1) is 11.8. The number of nitrogens with one attached hydrogen (secondary N) is 1. The van der Waals surface area contributed by atoms with Crippen LogP contribution >= 0.6 is 0 Å². The maximum absolute atomic E-state index is 13.2. The summed E-state index contributed by atoms with van der Waals surface area (Å²) in [6.45, 7) is 7.46. The first kappa shape index (κ1) is 17.4. The van der Waals surface area contributed by atoms with Crippen molar-refractivity contribution in [3.8, 4) is 0 Å². The molecule has 7 heteroatoms. The summed E-state index contributed by atoms with van der Waals surface area (Å²) in [7, 11) is 0. The predicted molar refractivity (Wildman–Crippen MR) is 92.9 cm³/mol. The fraction of sp³-hybridized carbons (Fsp3) is 0.444. The van der Waals surface area contributed by atoms with Gasteiger partial charge in [0, 0.05) is 12.7 Å². The Bertz CT molecular complexity index is 736. The molecule has 25 heavy (non-hydrogen) atoms. The van der Waals surface area contributed by atoms with Crippen LogP contribution in [0, 0.1) is 5.82 Å². The Morgan fingerprint density at radius 1 is 1.32 bits per heavy atom. The summed E-state index contributed by atoms with van der Waals surface area (Å²) in [5, 5.41) is 7.18. The van der Waals surface area contributed by atoms with E-state index in [0.717, 1.165) is 5.56 Å². The van der Waals surface area contributed by atoms with E-state index in [1.54, 1.807) is 27.9 Å². The number of aromatic nitrogens is 2. The van der Waals surface area contributed by atoms with Gasteiger partial charge in [0.2, 0.25) is 0 Å². The number of benzene rings is 1. The smallest absolute Gasteiger partial charge is 0.322 e. The zero-order valence-corrected chi connectivity index (χ0v) is 14.7. The summed E-state index contributed by atoms with van der Waals surface area (Å²) < 4.78 is 20.5. The first-order valence-corrected chi connectivity index (χ1v) is 8.30. The van der Waals surface area contributed by atoms with Crippen molar-refractivity contribution in [2.75, 3.05) is 25.1 Å². The monoisotopic (exact) mass is 346 g/mol. The van der Waals surface area contributed by atoms with E-state index in [2.05, 4.69) is 10.4 Å². The summed E-state index contributed by atoms with van der Waals surface area (Å²) in [5.74, 6) is -0.300. The summed E-state index contributed by atoms with van der Waals surface area (Å²) >= 11 is 0. The van der Waals surface area contributed by atoms with Gasteiger partial charge >= 0.3 is 6.03 Å². The molecule has 3 rings (SSSR count). The summed E-state index contributed by atoms with van der Waals surface area (Å²) in [5.41, 5.74) is 1.34. The van der Waals surface area contributed by atoms with E-state index < -0.39 is 0 Å². The Labute approximate surface area is 146 Å². The molecule has 1 aliphatic heterocycles. The van der Waals surface area contributed by atoms with Crippen molar-refractivity contribution in [3.05, 3.63) is 48.0 Å². The molecule has 2 amide bonds. The van der Waals surface area contributed by atoms with Gasteiger partial charge in [-0.05, 0) is 38.5 Å². The quantitative estimate of drug-likeness (QED) is 0.907. The minimum absolute atomic E-state index is 0.154. The van der Waals surface area contributed by atoms with Crippen molar-refractivity contribution in [1.29, 1.82) is 0 Å². The molecule has 1 aromatic heterocycles. The average molecular weight is 346 g/mol. The molecule has 1 fully saturated rings. The third-order valence-corrected chi connectivity index (χ3v) is 4.17. The number of anilines is 1. The van der Waals surface area contributed by atoms with E-state index in [9.17, 15) is 9.18 Å². The third kappa shape index (κ3) is 3.99. The number of hydrogen-bond donors (Lipinski definition) is 1. The van der Waals surface area contributed by atoms with Gasteiger partial charge in [-0.15, -0.1) is 0 Å². The molecule has 2 aromatic rings. The minimum atomic E-state index is -0.300. The van der Waals surface area contributed by atoms with E-state index in [1.165, 1.54) is 12.1 Å². The fourth-order valence-electron chi connectivity index (χ4n) is 2.76. The van der Waals surface area contributed by atoms with E-state index in [1.807, 2.05) is 27.0 Å². The first-order valence-electron chi connectivity index (χ1n) is 8.30. The Balaban J connectivity index is 1.74. The number of rotatable bonds is 2. The molecule has 0 radical (unpaired) electrons. The van der Waals surface area contributed by atoms with E-state index in [0.29, 0.717) is 25.4 Å². The molecule has 0 saturated carbocycles. The Hall–Kier alpha value is -2.41. The van der Waals surface area contributed by atoms with Crippen molar-refractivity contribution in [1.82, 2.24) is 14.7 Å². The van der Waals surface area contributed by atoms with Crippen LogP contribution in [0.2, 0.25) is 0 Å². The van der Waals surface area contributed by atoms with Gasteiger partial charge in [-0.3, -0.25) is 4.68 Å². The highest BCUT2D eigenvalue weighted by Gasteiger charge is 2.29. The van der Waals surface area contributed by atoms with Crippen molar-refractivity contribution in [2.24, 2.45) is 0 Å². The van der Waals surface area contributed by atoms with Crippen LogP contribution < -0.4 is 5.32 Å². The number of hydrogen-bond acceptors (Lipinski definition) is 3. The van der Waals surface area contributed by atoms with E-state index in [4.69, 9.17) is 4.74 Å². The van der Waals surface area contributed by atoms with Gasteiger partial charge in [-0.2, -0.15) is 5.10 Å². The zero-order chi connectivity index (χ0) is 18.0. The van der Waals surface area contributed by atoms with Gasteiger partial charge in [-0.1, -0.05) is 12.1 Å². The van der Waals surface area contributed by atoms with Crippen LogP contribution in [0.1, 0.15) is 32.4 Å². The topological polar surface area (TPSA) is 59.4 Å². The molecular formula is C18H23FN4O2. The van der Waals surface area contributed by atoms with Crippen molar-refractivity contribution < 1.29 is 13.9 Å². The number of urea groups is 1. The second-order valence-electron chi connectivity index (χ2n) is 7.11. The zero-order valence-electron chi connectivity index (χ0n) is 14.7. The highest BCUT2D eigenvalue weighted by Crippen LogP contribution is 2.25. The summed E-state index contributed by atoms with van der Waals surface area (Å²) in [6, 6.07) is 5.71. The molecule has 0 spiro atoms. The van der Waals surface area contributed by atoms with E-state index >= 15 is 0 Å². The Morgan fingerprint density at radius 2 is 2.04 bits per heavy atom. The maximum atomic E-state index is 13.2. The highest BCUT2D eigenvalue weighted by atomic mass is 19.1. The van der Waals surface area contributed by atoms with Gasteiger partial charge < -0.3 is 15.0 Å². The highest BCUT2D eigenvalue weighted by molar-refractivity contribution is 5.89. The third-order valence-electron chi connectivity index (χ3n) is 4.17. The normalized spacial score (nSPS) is 18.2. The average Bonchev–Trinajstić information content (AvgIpc) is 3.04. The van der Waals surface area contributed by atoms with Gasteiger partial charge in [-0.25, -0.2) is 9.18 Å². The van der Waals surface area contributed by atoms with E-state index in [-0.39, 0.29) is 23.4 Å². The fourth-order valence-corrected chi connectivity index (χ4v) is 2.76. The van der Waals surface area contributed by atoms with Crippen molar-refractivity contribution >= 4 is 11.7 Å². The largest absolute Gasteiger partial charge is 0.377 e. The second-order valence-corrected chi connectivity index (χ2v) is 7.11. The predicted octanol–water partition coefficient (Wildman–Crippen LogP) is 3.38. The molecule has 1 aromatic carbocycles. The number of morpholine rings is 1. The number of amides is 2. The molecular weight excluding hydrogens is 323 g/mol. The van der Waals surface area contributed by atoms with Gasteiger partial charge in [0.05, 0.1) is 36.7 Å². The van der Waals surface area contributed by atoms with Gasteiger partial charge in [0.25, 0.3) is 0 Å². The number of halogens is 1. The maximum Gasteiger partial charge on any atom is 0.322 e. The van der Waals surface area contributed by atoms with Crippen LogP contribution in [0.3, 0.4) is 0 Å². The lowest BCUT2D eigenvalue weighted by Gasteiger charge is -2.35. The minimum Gasteiger partial charge on any atom is -0.377 e. The molecule has 6 nitrogen and oxygen atoms in total. The number of ether oxygens (including phenoxy) is 1. The molecule has 0 bridgehead atoms. The lowest BCUT2D eigenvalue weighted by Crippen LogP contribution is -2.45. The number of nitrogens with zero attached hydrogens (tertiary/aromatic N) is 3. The molecule has 1 unspecified atom stereocenters. The van der Waals surface area contributed by atoms with Crippen LogP contribution in [0.15, 0.2) is 36.7 Å². The standard InChI is InChI=1S/C18H23FN4O2/c1-18(2,3)23-11-15(10-20-23)21-17(24)22-8-9-25-12-16(22)13-4-6-14(19)7-5-13/h4-7,10-11,16H,8-9,12H2,1-3H3,(H,21,24).